The molecule has 0 fully saturated rings. The molecule has 0 aliphatic rings. The minimum atomic E-state index is -0.329. The lowest BCUT2D eigenvalue weighted by Crippen LogP contribution is -2.04. The molecule has 3 aromatic rings. The number of methoxy groups -OCH3 is 4. The van der Waals surface area contributed by atoms with E-state index in [1.165, 1.54) is 28.4 Å². The van der Waals surface area contributed by atoms with Crippen molar-refractivity contribution < 1.29 is 33.3 Å². The van der Waals surface area contributed by atoms with Crippen molar-refractivity contribution in [3.63, 3.8) is 0 Å². The van der Waals surface area contributed by atoms with Crippen molar-refractivity contribution in [2.75, 3.05) is 35.0 Å². The van der Waals surface area contributed by atoms with Crippen molar-refractivity contribution >= 4 is 16.8 Å². The normalized spacial score (nSPS) is 10.3. The van der Waals surface area contributed by atoms with E-state index in [0.717, 1.165) is 5.39 Å². The van der Waals surface area contributed by atoms with E-state index in [1.54, 1.807) is 31.2 Å². The highest BCUT2D eigenvalue weighted by molar-refractivity contribution is 6.11. The van der Waals surface area contributed by atoms with Crippen LogP contribution in [-0.4, -0.2) is 45.9 Å². The molecule has 30 heavy (non-hydrogen) atoms. The van der Waals surface area contributed by atoms with Crippen LogP contribution >= 0.6 is 0 Å². The van der Waals surface area contributed by atoms with E-state index in [2.05, 4.69) is 11.8 Å². The maximum absolute atomic E-state index is 13.2. The smallest absolute Gasteiger partial charge is 0.228 e. The van der Waals surface area contributed by atoms with Gasteiger partial charge in [-0.1, -0.05) is 11.8 Å². The Morgan fingerprint density at radius 3 is 2.13 bits per heavy atom. The second-order valence-corrected chi connectivity index (χ2v) is 6.31. The van der Waals surface area contributed by atoms with Crippen LogP contribution in [0.1, 0.15) is 27.2 Å². The summed E-state index contributed by atoms with van der Waals surface area (Å²) in [6.45, 7) is 1.53. The van der Waals surface area contributed by atoms with Crippen molar-refractivity contribution in [2.45, 2.75) is 6.92 Å². The SMILES string of the molecule is COc1cc2oc(C(=O)c3cc(OC)c(OC)c(OC)c3)c(C)c2cc1C#CCO. The molecule has 0 saturated carbocycles. The molecule has 7 heteroatoms. The molecule has 2 aromatic carbocycles. The minimum absolute atomic E-state index is 0.189. The standard InChI is InChI=1S/C23H22O7/c1-13-16-9-14(7-6-8-24)17(26-2)12-18(16)30-22(13)21(25)15-10-19(27-3)23(29-5)20(11-15)28-4/h9-12,24H,8H2,1-5H3. The predicted molar refractivity (Wildman–Crippen MR) is 111 cm³/mol. The van der Waals surface area contributed by atoms with Crippen LogP contribution in [0.25, 0.3) is 11.0 Å². The van der Waals surface area contributed by atoms with Gasteiger partial charge >= 0.3 is 0 Å². The maximum Gasteiger partial charge on any atom is 0.228 e. The first kappa shape index (κ1) is 21.1. The summed E-state index contributed by atoms with van der Waals surface area (Å²) in [4.78, 5) is 13.2. The Morgan fingerprint density at radius 1 is 0.967 bits per heavy atom. The largest absolute Gasteiger partial charge is 0.495 e. The highest BCUT2D eigenvalue weighted by Crippen LogP contribution is 2.39. The summed E-state index contributed by atoms with van der Waals surface area (Å²) >= 11 is 0. The molecule has 1 heterocycles. The molecule has 3 rings (SSSR count). The maximum atomic E-state index is 13.2. The lowest BCUT2D eigenvalue weighted by atomic mass is 10.0. The molecular formula is C23H22O7. The van der Waals surface area contributed by atoms with Crippen LogP contribution in [0, 0.1) is 18.8 Å². The first-order valence-electron chi connectivity index (χ1n) is 9.04. The van der Waals surface area contributed by atoms with E-state index in [9.17, 15) is 4.79 Å². The average Bonchev–Trinajstić information content (AvgIpc) is 3.10. The van der Waals surface area contributed by atoms with Crippen LogP contribution in [0.3, 0.4) is 0 Å². The van der Waals surface area contributed by atoms with Crippen molar-refractivity contribution in [2.24, 2.45) is 0 Å². The number of fused-ring (bicyclic) bond motifs is 1. The summed E-state index contributed by atoms with van der Waals surface area (Å²) in [7, 11) is 5.98. The first-order valence-corrected chi connectivity index (χ1v) is 9.04. The van der Waals surface area contributed by atoms with E-state index in [0.29, 0.717) is 45.3 Å². The van der Waals surface area contributed by atoms with Gasteiger partial charge in [0.1, 0.15) is 17.9 Å². The van der Waals surface area contributed by atoms with Crippen molar-refractivity contribution in [3.05, 3.63) is 46.7 Å². The Kier molecular flexibility index (Phi) is 6.19. The van der Waals surface area contributed by atoms with Crippen molar-refractivity contribution in [1.82, 2.24) is 0 Å². The number of aryl methyl sites for hydroxylation is 1. The zero-order chi connectivity index (χ0) is 21.8. The van der Waals surface area contributed by atoms with E-state index >= 15 is 0 Å². The number of ether oxygens (including phenoxy) is 4. The molecule has 0 radical (unpaired) electrons. The fourth-order valence-electron chi connectivity index (χ4n) is 3.21. The van der Waals surface area contributed by atoms with Gasteiger partial charge in [0.15, 0.2) is 17.3 Å². The Labute approximate surface area is 174 Å². The lowest BCUT2D eigenvalue weighted by molar-refractivity contribution is 0.101. The Balaban J connectivity index is 2.15. The fourth-order valence-corrected chi connectivity index (χ4v) is 3.21. The summed E-state index contributed by atoms with van der Waals surface area (Å²) in [5.41, 5.74) is 2.08. The minimum Gasteiger partial charge on any atom is -0.495 e. The van der Waals surface area contributed by atoms with E-state index in [1.807, 2.05) is 0 Å². The number of carbonyl (C=O) groups excluding carboxylic acids is 1. The summed E-state index contributed by atoms with van der Waals surface area (Å²) < 4.78 is 27.2. The molecule has 0 saturated heterocycles. The third kappa shape index (κ3) is 3.65. The Morgan fingerprint density at radius 2 is 1.60 bits per heavy atom. The third-order valence-corrected chi connectivity index (χ3v) is 4.69. The predicted octanol–water partition coefficient (Wildman–Crippen LogP) is 3.35. The van der Waals surface area contributed by atoms with Gasteiger partial charge in [-0.3, -0.25) is 4.79 Å². The second kappa shape index (κ2) is 8.80. The molecule has 1 aromatic heterocycles. The lowest BCUT2D eigenvalue weighted by Gasteiger charge is -2.13. The zero-order valence-electron chi connectivity index (χ0n) is 17.4. The van der Waals surface area contributed by atoms with Gasteiger partial charge in [-0.25, -0.2) is 0 Å². The number of furan rings is 1. The van der Waals surface area contributed by atoms with Gasteiger partial charge in [-0.05, 0) is 25.1 Å². The van der Waals surface area contributed by atoms with Crippen LogP contribution in [-0.2, 0) is 0 Å². The average molecular weight is 410 g/mol. The van der Waals surface area contributed by atoms with Gasteiger partial charge in [0.2, 0.25) is 11.5 Å². The monoisotopic (exact) mass is 410 g/mol. The molecule has 1 N–H and O–H groups in total. The van der Waals surface area contributed by atoms with Gasteiger partial charge in [0, 0.05) is 22.6 Å². The van der Waals surface area contributed by atoms with E-state index in [4.69, 9.17) is 28.5 Å². The molecule has 7 nitrogen and oxygen atoms in total. The highest BCUT2D eigenvalue weighted by atomic mass is 16.5. The topological polar surface area (TPSA) is 87.4 Å². The summed E-state index contributed by atoms with van der Waals surface area (Å²) in [6, 6.07) is 6.61. The van der Waals surface area contributed by atoms with Crippen molar-refractivity contribution in [3.8, 4) is 34.8 Å². The summed E-state index contributed by atoms with van der Waals surface area (Å²) in [6.07, 6.45) is 0. The number of aliphatic hydroxyl groups is 1. The highest BCUT2D eigenvalue weighted by Gasteiger charge is 2.24. The summed E-state index contributed by atoms with van der Waals surface area (Å²) in [5.74, 6) is 6.94. The Bertz CT molecular complexity index is 1140. The quantitative estimate of drug-likeness (QED) is 0.493. The number of carbonyl (C=O) groups is 1. The molecular weight excluding hydrogens is 388 g/mol. The molecule has 0 aliphatic heterocycles. The van der Waals surface area contributed by atoms with Gasteiger partial charge in [0.25, 0.3) is 0 Å². The molecule has 0 unspecified atom stereocenters. The molecule has 0 amide bonds. The van der Waals surface area contributed by atoms with Gasteiger partial charge in [0.05, 0.1) is 34.0 Å². The second-order valence-electron chi connectivity index (χ2n) is 6.31. The number of hydrogen-bond acceptors (Lipinski definition) is 7. The van der Waals surface area contributed by atoms with Crippen LogP contribution in [0.4, 0.5) is 0 Å². The first-order chi connectivity index (χ1) is 14.5. The molecule has 0 bridgehead atoms. The van der Waals surface area contributed by atoms with Gasteiger partial charge in [-0.2, -0.15) is 0 Å². The number of aliphatic hydroxyl groups excluding tert-OH is 1. The third-order valence-electron chi connectivity index (χ3n) is 4.69. The van der Waals surface area contributed by atoms with Crippen LogP contribution in [0.15, 0.2) is 28.7 Å². The fraction of sp³-hybridized carbons (Fsp3) is 0.261. The number of benzene rings is 2. The zero-order valence-corrected chi connectivity index (χ0v) is 17.4. The van der Waals surface area contributed by atoms with Gasteiger partial charge < -0.3 is 28.5 Å². The van der Waals surface area contributed by atoms with Crippen LogP contribution in [0.5, 0.6) is 23.0 Å². The van der Waals surface area contributed by atoms with E-state index in [-0.39, 0.29) is 18.2 Å². The molecule has 0 spiro atoms. The van der Waals surface area contributed by atoms with E-state index < -0.39 is 0 Å². The van der Waals surface area contributed by atoms with Crippen molar-refractivity contribution in [1.29, 1.82) is 0 Å². The number of hydrogen-bond donors (Lipinski definition) is 1. The molecule has 0 aliphatic carbocycles. The Hall–Kier alpha value is -3.63. The number of ketones is 1. The molecule has 156 valence electrons. The van der Waals surface area contributed by atoms with Crippen LogP contribution in [0.2, 0.25) is 0 Å². The molecule has 0 atom stereocenters. The van der Waals surface area contributed by atoms with Gasteiger partial charge in [-0.15, -0.1) is 0 Å². The number of rotatable bonds is 6. The van der Waals surface area contributed by atoms with Crippen LogP contribution < -0.4 is 18.9 Å². The summed E-state index contributed by atoms with van der Waals surface area (Å²) in [5, 5.41) is 9.71.